The molecule has 0 fully saturated rings. The van der Waals surface area contributed by atoms with Crippen LogP contribution in [0.25, 0.3) is 0 Å². The van der Waals surface area contributed by atoms with Crippen LogP contribution in [0.3, 0.4) is 0 Å². The van der Waals surface area contributed by atoms with Crippen molar-refractivity contribution in [3.63, 3.8) is 0 Å². The van der Waals surface area contributed by atoms with E-state index in [9.17, 15) is 0 Å². The van der Waals surface area contributed by atoms with Crippen LogP contribution in [0.4, 0.5) is 5.69 Å². The lowest BCUT2D eigenvalue weighted by Crippen LogP contribution is -2.06. The molecule has 100 valence electrons. The van der Waals surface area contributed by atoms with Gasteiger partial charge in [0.1, 0.15) is 5.75 Å². The van der Waals surface area contributed by atoms with Crippen molar-refractivity contribution in [3.05, 3.63) is 58.6 Å². The number of halogens is 1. The molecule has 0 aliphatic rings. The Balaban J connectivity index is 1.99. The minimum absolute atomic E-state index is 0.202. The van der Waals surface area contributed by atoms with Gasteiger partial charge in [-0.25, -0.2) is 0 Å². The van der Waals surface area contributed by atoms with Crippen LogP contribution in [0.2, 0.25) is 0 Å². The molecule has 1 N–H and O–H groups in total. The zero-order valence-electron chi connectivity index (χ0n) is 11.2. The number of hydrogen-bond donors (Lipinski definition) is 1. The molecular weight excluding hydrogens is 302 g/mol. The van der Waals surface area contributed by atoms with Crippen molar-refractivity contribution in [1.82, 2.24) is 0 Å². The second-order valence-electron chi connectivity index (χ2n) is 4.68. The molecule has 0 aliphatic carbocycles. The van der Waals surface area contributed by atoms with E-state index in [-0.39, 0.29) is 6.10 Å². The summed E-state index contributed by atoms with van der Waals surface area (Å²) in [6.07, 6.45) is 0.202. The Bertz CT molecular complexity index is 540. The summed E-state index contributed by atoms with van der Waals surface area (Å²) in [5.74, 6) is 0.920. The smallest absolute Gasteiger partial charge is 0.120 e. The van der Waals surface area contributed by atoms with Crippen molar-refractivity contribution < 1.29 is 4.74 Å². The first-order valence-electron chi connectivity index (χ1n) is 6.38. The highest BCUT2D eigenvalue weighted by molar-refractivity contribution is 9.10. The minimum Gasteiger partial charge on any atom is -0.491 e. The van der Waals surface area contributed by atoms with Crippen molar-refractivity contribution in [2.75, 3.05) is 5.32 Å². The van der Waals surface area contributed by atoms with Crippen molar-refractivity contribution in [3.8, 4) is 5.75 Å². The Morgan fingerprint density at radius 1 is 1.11 bits per heavy atom. The Hall–Kier alpha value is -1.48. The predicted octanol–water partition coefficient (Wildman–Crippen LogP) is 4.85. The maximum atomic E-state index is 5.69. The third-order valence-corrected chi connectivity index (χ3v) is 3.08. The van der Waals surface area contributed by atoms with Crippen LogP contribution in [0, 0.1) is 0 Å². The van der Waals surface area contributed by atoms with E-state index in [2.05, 4.69) is 45.5 Å². The van der Waals surface area contributed by atoms with Crippen LogP contribution in [0.15, 0.2) is 53.0 Å². The summed E-state index contributed by atoms with van der Waals surface area (Å²) in [6, 6.07) is 16.3. The molecule has 0 radical (unpaired) electrons. The molecule has 2 nitrogen and oxygen atoms in total. The highest BCUT2D eigenvalue weighted by Gasteiger charge is 2.00. The molecule has 0 saturated heterocycles. The van der Waals surface area contributed by atoms with Gasteiger partial charge in [0.25, 0.3) is 0 Å². The third-order valence-electron chi connectivity index (χ3n) is 2.59. The van der Waals surface area contributed by atoms with Gasteiger partial charge >= 0.3 is 0 Å². The van der Waals surface area contributed by atoms with Gasteiger partial charge in [0.2, 0.25) is 0 Å². The summed E-state index contributed by atoms with van der Waals surface area (Å²) >= 11 is 3.47. The number of benzene rings is 2. The van der Waals surface area contributed by atoms with E-state index < -0.39 is 0 Å². The molecule has 0 unspecified atom stereocenters. The van der Waals surface area contributed by atoms with Gasteiger partial charge in [0.15, 0.2) is 0 Å². The normalized spacial score (nSPS) is 10.5. The molecule has 2 aromatic carbocycles. The fourth-order valence-corrected chi connectivity index (χ4v) is 2.20. The minimum atomic E-state index is 0.202. The fourth-order valence-electron chi connectivity index (χ4n) is 1.80. The summed E-state index contributed by atoms with van der Waals surface area (Å²) < 4.78 is 6.77. The Morgan fingerprint density at radius 3 is 2.63 bits per heavy atom. The summed E-state index contributed by atoms with van der Waals surface area (Å²) in [7, 11) is 0. The van der Waals surface area contributed by atoms with E-state index in [1.165, 1.54) is 5.56 Å². The lowest BCUT2D eigenvalue weighted by molar-refractivity contribution is 0.242. The summed E-state index contributed by atoms with van der Waals surface area (Å²) in [4.78, 5) is 0. The van der Waals surface area contributed by atoms with Crippen LogP contribution >= 0.6 is 15.9 Å². The van der Waals surface area contributed by atoms with Crippen molar-refractivity contribution in [2.24, 2.45) is 0 Å². The SMILES string of the molecule is CC(C)Oc1cccc(CNc2cccc(Br)c2)c1. The van der Waals surface area contributed by atoms with Crippen LogP contribution in [0.5, 0.6) is 5.75 Å². The quantitative estimate of drug-likeness (QED) is 0.850. The summed E-state index contributed by atoms with van der Waals surface area (Å²) in [5.41, 5.74) is 2.31. The number of rotatable bonds is 5. The highest BCUT2D eigenvalue weighted by Crippen LogP contribution is 2.18. The maximum Gasteiger partial charge on any atom is 0.120 e. The lowest BCUT2D eigenvalue weighted by atomic mass is 10.2. The molecule has 19 heavy (non-hydrogen) atoms. The molecular formula is C16H18BrNO. The van der Waals surface area contributed by atoms with E-state index in [0.29, 0.717) is 0 Å². The van der Waals surface area contributed by atoms with Gasteiger partial charge in [0.05, 0.1) is 6.10 Å². The standard InChI is InChI=1S/C16H18BrNO/c1-12(2)19-16-8-3-5-13(9-16)11-18-15-7-4-6-14(17)10-15/h3-10,12,18H,11H2,1-2H3. The zero-order chi connectivity index (χ0) is 13.7. The molecule has 2 rings (SSSR count). The van der Waals surface area contributed by atoms with E-state index in [4.69, 9.17) is 4.74 Å². The number of ether oxygens (including phenoxy) is 1. The first kappa shape index (κ1) is 13.9. The van der Waals surface area contributed by atoms with Crippen molar-refractivity contribution >= 4 is 21.6 Å². The van der Waals surface area contributed by atoms with Gasteiger partial charge in [-0.1, -0.05) is 34.1 Å². The number of anilines is 1. The van der Waals surface area contributed by atoms with Gasteiger partial charge in [-0.05, 0) is 49.7 Å². The van der Waals surface area contributed by atoms with Gasteiger partial charge in [-0.15, -0.1) is 0 Å². The van der Waals surface area contributed by atoms with E-state index in [0.717, 1.165) is 22.5 Å². The molecule has 0 aliphatic heterocycles. The van der Waals surface area contributed by atoms with Gasteiger partial charge in [0, 0.05) is 16.7 Å². The monoisotopic (exact) mass is 319 g/mol. The maximum absolute atomic E-state index is 5.69. The molecule has 0 bridgehead atoms. The molecule has 0 aromatic heterocycles. The lowest BCUT2D eigenvalue weighted by Gasteiger charge is -2.12. The second kappa shape index (κ2) is 6.62. The zero-order valence-corrected chi connectivity index (χ0v) is 12.8. The van der Waals surface area contributed by atoms with Gasteiger partial charge in [-0.2, -0.15) is 0 Å². The Labute approximate surface area is 122 Å². The van der Waals surface area contributed by atoms with Crippen molar-refractivity contribution in [2.45, 2.75) is 26.5 Å². The largest absolute Gasteiger partial charge is 0.491 e. The second-order valence-corrected chi connectivity index (χ2v) is 5.59. The predicted molar refractivity (Wildman–Crippen MR) is 83.7 cm³/mol. The molecule has 3 heteroatoms. The van der Waals surface area contributed by atoms with E-state index in [1.807, 2.05) is 38.1 Å². The van der Waals surface area contributed by atoms with Gasteiger partial charge < -0.3 is 10.1 Å². The molecule has 0 saturated carbocycles. The first-order chi connectivity index (χ1) is 9.13. The van der Waals surface area contributed by atoms with Crippen LogP contribution in [-0.4, -0.2) is 6.10 Å². The van der Waals surface area contributed by atoms with Crippen LogP contribution in [0.1, 0.15) is 19.4 Å². The summed E-state index contributed by atoms with van der Waals surface area (Å²) in [6.45, 7) is 4.85. The van der Waals surface area contributed by atoms with E-state index >= 15 is 0 Å². The average Bonchev–Trinajstić information content (AvgIpc) is 2.36. The van der Waals surface area contributed by atoms with E-state index in [1.54, 1.807) is 0 Å². The number of hydrogen-bond acceptors (Lipinski definition) is 2. The first-order valence-corrected chi connectivity index (χ1v) is 7.18. The van der Waals surface area contributed by atoms with Crippen molar-refractivity contribution in [1.29, 1.82) is 0 Å². The highest BCUT2D eigenvalue weighted by atomic mass is 79.9. The number of nitrogens with one attached hydrogen (secondary N) is 1. The Morgan fingerprint density at radius 2 is 1.89 bits per heavy atom. The molecule has 0 heterocycles. The average molecular weight is 320 g/mol. The Kier molecular flexibility index (Phi) is 4.86. The summed E-state index contributed by atoms with van der Waals surface area (Å²) in [5, 5.41) is 3.40. The molecule has 2 aromatic rings. The van der Waals surface area contributed by atoms with Gasteiger partial charge in [-0.3, -0.25) is 0 Å². The fraction of sp³-hybridized carbons (Fsp3) is 0.250. The third kappa shape index (κ3) is 4.60. The molecule has 0 amide bonds. The van der Waals surface area contributed by atoms with Crippen LogP contribution < -0.4 is 10.1 Å². The van der Waals surface area contributed by atoms with Crippen LogP contribution in [-0.2, 0) is 6.54 Å². The molecule has 0 spiro atoms. The topological polar surface area (TPSA) is 21.3 Å². The molecule has 0 atom stereocenters.